The van der Waals surface area contributed by atoms with Gasteiger partial charge in [-0.2, -0.15) is 0 Å². The van der Waals surface area contributed by atoms with Gasteiger partial charge in [0.1, 0.15) is 12.4 Å². The van der Waals surface area contributed by atoms with Crippen molar-refractivity contribution in [2.45, 2.75) is 13.5 Å². The van der Waals surface area contributed by atoms with Gasteiger partial charge in [-0.05, 0) is 22.0 Å². The fraction of sp³-hybridized carbons (Fsp3) is 0.571. The molecule has 0 unspecified atom stereocenters. The van der Waals surface area contributed by atoms with Crippen molar-refractivity contribution in [3.8, 4) is 5.75 Å². The Morgan fingerprint density at radius 3 is 2.71 bits per heavy atom. The van der Waals surface area contributed by atoms with E-state index in [1.807, 2.05) is 18.2 Å². The van der Waals surface area contributed by atoms with Crippen LogP contribution in [-0.4, -0.2) is 46.8 Å². The number of ether oxygens (including phenoxy) is 2. The number of hydrogen-bond donors (Lipinski definition) is 1. The van der Waals surface area contributed by atoms with Gasteiger partial charge in [0.15, 0.2) is 9.84 Å². The minimum absolute atomic E-state index is 0.0291. The number of hydrogen-bond acceptors (Lipinski definition) is 5. The Hall–Kier alpha value is -0.630. The molecule has 0 saturated heterocycles. The van der Waals surface area contributed by atoms with Gasteiger partial charge in [0.05, 0.1) is 16.8 Å². The van der Waals surface area contributed by atoms with Crippen LogP contribution < -0.4 is 10.1 Å². The van der Waals surface area contributed by atoms with Gasteiger partial charge >= 0.3 is 0 Å². The smallest absolute Gasteiger partial charge is 0.153 e. The number of halogens is 1. The van der Waals surface area contributed by atoms with E-state index in [0.717, 1.165) is 16.6 Å². The van der Waals surface area contributed by atoms with Crippen LogP contribution >= 0.6 is 15.9 Å². The molecule has 0 atom stereocenters. The zero-order chi connectivity index (χ0) is 15.7. The molecule has 0 fully saturated rings. The number of benzene rings is 1. The molecule has 7 heteroatoms. The van der Waals surface area contributed by atoms with Crippen molar-refractivity contribution in [3.63, 3.8) is 0 Å². The standard InChI is InChI=1S/C14H22BrNO4S/c1-3-21(17,18)10-9-20-14-12(5-4-6-13(14)15)11-16-7-8-19-2/h4-6,16H,3,7-11H2,1-2H3. The predicted molar refractivity (Wildman–Crippen MR) is 87.5 cm³/mol. The highest BCUT2D eigenvalue weighted by Crippen LogP contribution is 2.29. The third-order valence-corrected chi connectivity index (χ3v) is 5.22. The lowest BCUT2D eigenvalue weighted by Crippen LogP contribution is -2.20. The fourth-order valence-corrected chi connectivity index (χ4v) is 2.81. The molecule has 1 rings (SSSR count). The molecule has 5 nitrogen and oxygen atoms in total. The lowest BCUT2D eigenvalue weighted by Gasteiger charge is -2.14. The van der Waals surface area contributed by atoms with E-state index in [2.05, 4.69) is 21.2 Å². The number of nitrogens with one attached hydrogen (secondary N) is 1. The Labute approximate surface area is 135 Å². The molecular formula is C14H22BrNO4S. The molecule has 0 aliphatic carbocycles. The maximum Gasteiger partial charge on any atom is 0.153 e. The van der Waals surface area contributed by atoms with E-state index >= 15 is 0 Å². The summed E-state index contributed by atoms with van der Waals surface area (Å²) in [4.78, 5) is 0. The van der Waals surface area contributed by atoms with Gasteiger partial charge in [0.25, 0.3) is 0 Å². The lowest BCUT2D eigenvalue weighted by molar-refractivity contribution is 0.199. The second-order valence-corrected chi connectivity index (χ2v) is 7.81. The first-order valence-corrected chi connectivity index (χ1v) is 9.42. The van der Waals surface area contributed by atoms with Crippen LogP contribution in [0.5, 0.6) is 5.75 Å². The van der Waals surface area contributed by atoms with Crippen LogP contribution in [0.3, 0.4) is 0 Å². The summed E-state index contributed by atoms with van der Waals surface area (Å²) in [7, 11) is -1.36. The summed E-state index contributed by atoms with van der Waals surface area (Å²) >= 11 is 3.44. The summed E-state index contributed by atoms with van der Waals surface area (Å²) in [6.07, 6.45) is 0. The molecule has 0 bridgehead atoms. The Balaban J connectivity index is 2.63. The average Bonchev–Trinajstić information content (AvgIpc) is 2.46. The molecule has 0 aliphatic rings. The normalized spacial score (nSPS) is 11.6. The minimum Gasteiger partial charge on any atom is -0.491 e. The predicted octanol–water partition coefficient (Wildman–Crippen LogP) is 2.00. The van der Waals surface area contributed by atoms with Gasteiger partial charge in [0.2, 0.25) is 0 Å². The molecule has 1 aromatic rings. The fourth-order valence-electron chi connectivity index (χ4n) is 1.67. The van der Waals surface area contributed by atoms with Gasteiger partial charge in [-0.1, -0.05) is 19.1 Å². The van der Waals surface area contributed by atoms with Crippen LogP contribution in [0.4, 0.5) is 0 Å². The SMILES string of the molecule is CCS(=O)(=O)CCOc1c(Br)cccc1CNCCOC. The van der Waals surface area contributed by atoms with Crippen molar-refractivity contribution >= 4 is 25.8 Å². The first kappa shape index (κ1) is 18.4. The van der Waals surface area contributed by atoms with Crippen LogP contribution in [0, 0.1) is 0 Å². The first-order valence-electron chi connectivity index (χ1n) is 6.80. The molecule has 0 aliphatic heterocycles. The Kier molecular flexibility index (Phi) is 8.24. The summed E-state index contributed by atoms with van der Waals surface area (Å²) in [5.74, 6) is 0.854. The Bertz CT molecular complexity index is 534. The summed E-state index contributed by atoms with van der Waals surface area (Å²) in [5, 5.41) is 3.24. The monoisotopic (exact) mass is 379 g/mol. The number of rotatable bonds is 10. The van der Waals surface area contributed by atoms with E-state index in [9.17, 15) is 8.42 Å². The summed E-state index contributed by atoms with van der Waals surface area (Å²) in [6.45, 7) is 3.81. The van der Waals surface area contributed by atoms with Gasteiger partial charge in [-0.25, -0.2) is 8.42 Å². The summed E-state index contributed by atoms with van der Waals surface area (Å²) in [5.41, 5.74) is 0.981. The van der Waals surface area contributed by atoms with Crippen LogP contribution in [0.15, 0.2) is 22.7 Å². The molecule has 0 saturated carbocycles. The molecular weight excluding hydrogens is 358 g/mol. The van der Waals surface area contributed by atoms with E-state index in [4.69, 9.17) is 9.47 Å². The van der Waals surface area contributed by atoms with Crippen LogP contribution in [0.25, 0.3) is 0 Å². The molecule has 120 valence electrons. The van der Waals surface area contributed by atoms with Crippen LogP contribution in [0.2, 0.25) is 0 Å². The zero-order valence-electron chi connectivity index (χ0n) is 12.4. The van der Waals surface area contributed by atoms with Gasteiger partial charge in [0, 0.05) is 31.5 Å². The highest BCUT2D eigenvalue weighted by Gasteiger charge is 2.11. The van der Waals surface area contributed by atoms with Crippen molar-refractivity contribution in [2.75, 3.05) is 38.4 Å². The molecule has 0 radical (unpaired) electrons. The third-order valence-electron chi connectivity index (χ3n) is 2.93. The second-order valence-electron chi connectivity index (χ2n) is 4.48. The summed E-state index contributed by atoms with van der Waals surface area (Å²) in [6, 6.07) is 5.75. The first-order chi connectivity index (χ1) is 10.00. The third kappa shape index (κ3) is 6.78. The van der Waals surface area contributed by atoms with E-state index in [1.54, 1.807) is 14.0 Å². The molecule has 0 amide bonds. The number of methoxy groups -OCH3 is 1. The van der Waals surface area contributed by atoms with E-state index < -0.39 is 9.84 Å². The molecule has 1 aromatic carbocycles. The Morgan fingerprint density at radius 2 is 2.05 bits per heavy atom. The minimum atomic E-state index is -3.01. The maximum absolute atomic E-state index is 11.5. The van der Waals surface area contributed by atoms with E-state index in [-0.39, 0.29) is 18.1 Å². The van der Waals surface area contributed by atoms with Crippen molar-refractivity contribution in [2.24, 2.45) is 0 Å². The molecule has 0 spiro atoms. The summed E-state index contributed by atoms with van der Waals surface area (Å²) < 4.78 is 34.4. The number of para-hydroxylation sites is 1. The lowest BCUT2D eigenvalue weighted by atomic mass is 10.2. The number of sulfone groups is 1. The highest BCUT2D eigenvalue weighted by atomic mass is 79.9. The topological polar surface area (TPSA) is 64.6 Å². The quantitative estimate of drug-likeness (QED) is 0.629. The average molecular weight is 380 g/mol. The van der Waals surface area contributed by atoms with E-state index in [0.29, 0.717) is 18.9 Å². The van der Waals surface area contributed by atoms with Crippen LogP contribution in [-0.2, 0) is 21.1 Å². The maximum atomic E-state index is 11.5. The van der Waals surface area contributed by atoms with Gasteiger partial charge in [-0.15, -0.1) is 0 Å². The van der Waals surface area contributed by atoms with Crippen molar-refractivity contribution < 1.29 is 17.9 Å². The molecule has 0 heterocycles. The van der Waals surface area contributed by atoms with Gasteiger partial charge < -0.3 is 14.8 Å². The molecule has 21 heavy (non-hydrogen) atoms. The van der Waals surface area contributed by atoms with Crippen molar-refractivity contribution in [1.82, 2.24) is 5.32 Å². The molecule has 1 N–H and O–H groups in total. The largest absolute Gasteiger partial charge is 0.491 e. The van der Waals surface area contributed by atoms with Crippen LogP contribution in [0.1, 0.15) is 12.5 Å². The van der Waals surface area contributed by atoms with Crippen molar-refractivity contribution in [1.29, 1.82) is 0 Å². The molecule has 0 aromatic heterocycles. The zero-order valence-corrected chi connectivity index (χ0v) is 14.8. The van der Waals surface area contributed by atoms with Gasteiger partial charge in [-0.3, -0.25) is 0 Å². The second kappa shape index (κ2) is 9.40. The van der Waals surface area contributed by atoms with Crippen molar-refractivity contribution in [3.05, 3.63) is 28.2 Å². The van der Waals surface area contributed by atoms with E-state index in [1.165, 1.54) is 0 Å². The Morgan fingerprint density at radius 1 is 1.29 bits per heavy atom. The highest BCUT2D eigenvalue weighted by molar-refractivity contribution is 9.10.